The number of hydrogen-bond acceptors (Lipinski definition) is 3. The maximum atomic E-state index is 13.4. The van der Waals surface area contributed by atoms with Crippen molar-refractivity contribution in [3.63, 3.8) is 0 Å². The van der Waals surface area contributed by atoms with Gasteiger partial charge in [-0.25, -0.2) is 0 Å². The van der Waals surface area contributed by atoms with E-state index in [0.29, 0.717) is 6.04 Å². The lowest BCUT2D eigenvalue weighted by molar-refractivity contribution is -0.119. The second-order valence-electron chi connectivity index (χ2n) is 7.35. The van der Waals surface area contributed by atoms with Crippen LogP contribution in [-0.4, -0.2) is 35.2 Å². The molecular weight excluding hydrogens is 312 g/mol. The van der Waals surface area contributed by atoms with Crippen molar-refractivity contribution in [2.24, 2.45) is 0 Å². The molecule has 2 aliphatic heterocycles. The summed E-state index contributed by atoms with van der Waals surface area (Å²) in [5, 5.41) is 7.28. The third-order valence-corrected chi connectivity index (χ3v) is 5.76. The van der Waals surface area contributed by atoms with Crippen molar-refractivity contribution in [1.82, 2.24) is 10.2 Å². The van der Waals surface area contributed by atoms with Gasteiger partial charge in [0.05, 0.1) is 23.0 Å². The number of aromatic amines is 1. The Morgan fingerprint density at radius 2 is 2.00 bits per heavy atom. The zero-order valence-electron chi connectivity index (χ0n) is 15.2. The molecule has 1 aromatic carbocycles. The SMILES string of the molecule is Cc1n[nH]c(C)c1C(C)C(=O)N1CC2CCCCN2c2ccccc21. The summed E-state index contributed by atoms with van der Waals surface area (Å²) >= 11 is 0. The van der Waals surface area contributed by atoms with Crippen molar-refractivity contribution < 1.29 is 4.79 Å². The molecule has 0 bridgehead atoms. The Hall–Kier alpha value is -2.30. The third-order valence-electron chi connectivity index (χ3n) is 5.76. The number of hydrogen-bond donors (Lipinski definition) is 1. The van der Waals surface area contributed by atoms with Crippen LogP contribution in [0, 0.1) is 13.8 Å². The highest BCUT2D eigenvalue weighted by Gasteiger charge is 2.37. The number of fused-ring (bicyclic) bond motifs is 3. The number of anilines is 2. The van der Waals surface area contributed by atoms with Gasteiger partial charge in [-0.3, -0.25) is 9.89 Å². The fourth-order valence-electron chi connectivity index (χ4n) is 4.52. The van der Waals surface area contributed by atoms with Crippen LogP contribution in [0.3, 0.4) is 0 Å². The predicted octanol–water partition coefficient (Wildman–Crippen LogP) is 3.54. The minimum atomic E-state index is -0.193. The number of amides is 1. The van der Waals surface area contributed by atoms with E-state index in [-0.39, 0.29) is 11.8 Å². The molecule has 2 aliphatic rings. The average Bonchev–Trinajstić information content (AvgIpc) is 2.98. The van der Waals surface area contributed by atoms with E-state index < -0.39 is 0 Å². The number of aryl methyl sites for hydroxylation is 2. The van der Waals surface area contributed by atoms with Gasteiger partial charge in [-0.15, -0.1) is 0 Å². The Labute approximate surface area is 149 Å². The average molecular weight is 338 g/mol. The van der Waals surface area contributed by atoms with Crippen LogP contribution in [0.2, 0.25) is 0 Å². The predicted molar refractivity (Wildman–Crippen MR) is 100 cm³/mol. The van der Waals surface area contributed by atoms with Gasteiger partial charge in [-0.2, -0.15) is 5.10 Å². The Morgan fingerprint density at radius 1 is 1.24 bits per heavy atom. The number of piperidine rings is 1. The second-order valence-corrected chi connectivity index (χ2v) is 7.35. The maximum Gasteiger partial charge on any atom is 0.234 e. The van der Waals surface area contributed by atoms with E-state index >= 15 is 0 Å². The molecule has 1 aromatic heterocycles. The van der Waals surface area contributed by atoms with Crippen LogP contribution < -0.4 is 9.80 Å². The standard InChI is InChI=1S/C20H26N4O/c1-13(19-14(2)21-22-15(19)3)20(25)24-12-16-8-6-7-11-23(16)17-9-4-5-10-18(17)24/h4-5,9-10,13,16H,6-8,11-12H2,1-3H3,(H,21,22). The van der Waals surface area contributed by atoms with Crippen LogP contribution in [0.15, 0.2) is 24.3 Å². The lowest BCUT2D eigenvalue weighted by Crippen LogP contribution is -2.53. The summed E-state index contributed by atoms with van der Waals surface area (Å²) in [6.07, 6.45) is 3.65. The van der Waals surface area contributed by atoms with E-state index in [1.54, 1.807) is 0 Å². The molecule has 1 amide bonds. The summed E-state index contributed by atoms with van der Waals surface area (Å²) in [5.41, 5.74) is 5.20. The molecule has 2 atom stereocenters. The van der Waals surface area contributed by atoms with E-state index in [1.807, 2.05) is 31.7 Å². The molecule has 5 nitrogen and oxygen atoms in total. The molecule has 0 saturated carbocycles. The van der Waals surface area contributed by atoms with Crippen LogP contribution in [0.5, 0.6) is 0 Å². The first-order valence-corrected chi connectivity index (χ1v) is 9.26. The number of carbonyl (C=O) groups is 1. The second kappa shape index (κ2) is 6.21. The number of benzene rings is 1. The molecule has 132 valence electrons. The molecule has 3 heterocycles. The van der Waals surface area contributed by atoms with Gasteiger partial charge in [0.15, 0.2) is 0 Å². The first kappa shape index (κ1) is 16.2. The number of nitrogens with one attached hydrogen (secondary N) is 1. The van der Waals surface area contributed by atoms with Gasteiger partial charge in [0.1, 0.15) is 0 Å². The smallest absolute Gasteiger partial charge is 0.234 e. The highest BCUT2D eigenvalue weighted by atomic mass is 16.2. The lowest BCUT2D eigenvalue weighted by Gasteiger charge is -2.46. The van der Waals surface area contributed by atoms with Gasteiger partial charge < -0.3 is 9.80 Å². The van der Waals surface area contributed by atoms with Gasteiger partial charge in [0.25, 0.3) is 0 Å². The van der Waals surface area contributed by atoms with E-state index in [9.17, 15) is 4.79 Å². The van der Waals surface area contributed by atoms with Gasteiger partial charge >= 0.3 is 0 Å². The van der Waals surface area contributed by atoms with Gasteiger partial charge in [0, 0.05) is 30.4 Å². The molecule has 1 N–H and O–H groups in total. The zero-order valence-corrected chi connectivity index (χ0v) is 15.2. The fraction of sp³-hybridized carbons (Fsp3) is 0.500. The monoisotopic (exact) mass is 338 g/mol. The Bertz CT molecular complexity index is 777. The quantitative estimate of drug-likeness (QED) is 0.911. The number of H-pyrrole nitrogens is 1. The van der Waals surface area contributed by atoms with Crippen molar-refractivity contribution >= 4 is 17.3 Å². The van der Waals surface area contributed by atoms with Crippen LogP contribution in [-0.2, 0) is 4.79 Å². The van der Waals surface area contributed by atoms with E-state index in [2.05, 4.69) is 33.3 Å². The van der Waals surface area contributed by atoms with Crippen molar-refractivity contribution in [1.29, 1.82) is 0 Å². The minimum Gasteiger partial charge on any atom is -0.365 e. The molecule has 4 rings (SSSR count). The number of nitrogens with zero attached hydrogens (tertiary/aromatic N) is 3. The van der Waals surface area contributed by atoms with Crippen LogP contribution in [0.4, 0.5) is 11.4 Å². The zero-order chi connectivity index (χ0) is 17.6. The van der Waals surface area contributed by atoms with Gasteiger partial charge in [-0.05, 0) is 52.2 Å². The van der Waals surface area contributed by atoms with Crippen LogP contribution >= 0.6 is 0 Å². The molecule has 5 heteroatoms. The minimum absolute atomic E-state index is 0.172. The van der Waals surface area contributed by atoms with E-state index in [0.717, 1.165) is 42.1 Å². The molecule has 1 saturated heterocycles. The summed E-state index contributed by atoms with van der Waals surface area (Å²) in [7, 11) is 0. The van der Waals surface area contributed by atoms with E-state index in [4.69, 9.17) is 0 Å². The van der Waals surface area contributed by atoms with Gasteiger partial charge in [-0.1, -0.05) is 12.1 Å². The number of rotatable bonds is 2. The number of carbonyl (C=O) groups excluding carboxylic acids is 1. The first-order valence-electron chi connectivity index (χ1n) is 9.26. The fourth-order valence-corrected chi connectivity index (χ4v) is 4.52. The molecule has 1 fully saturated rings. The molecule has 0 radical (unpaired) electrons. The molecule has 25 heavy (non-hydrogen) atoms. The van der Waals surface area contributed by atoms with Crippen molar-refractivity contribution in [2.75, 3.05) is 22.9 Å². The summed E-state index contributed by atoms with van der Waals surface area (Å²) in [5.74, 6) is -0.0211. The highest BCUT2D eigenvalue weighted by molar-refractivity contribution is 6.01. The van der Waals surface area contributed by atoms with E-state index in [1.165, 1.54) is 18.5 Å². The summed E-state index contributed by atoms with van der Waals surface area (Å²) in [6.45, 7) is 7.85. The Balaban J connectivity index is 1.70. The summed E-state index contributed by atoms with van der Waals surface area (Å²) in [6, 6.07) is 8.78. The molecular formula is C20H26N4O. The molecule has 2 unspecified atom stereocenters. The molecule has 0 spiro atoms. The van der Waals surface area contributed by atoms with Crippen molar-refractivity contribution in [3.8, 4) is 0 Å². The topological polar surface area (TPSA) is 52.2 Å². The Kier molecular flexibility index (Phi) is 4.02. The molecule has 2 aromatic rings. The van der Waals surface area contributed by atoms with Crippen LogP contribution in [0.1, 0.15) is 49.1 Å². The normalized spacial score (nSPS) is 20.8. The van der Waals surface area contributed by atoms with Crippen molar-refractivity contribution in [3.05, 3.63) is 41.2 Å². The maximum absolute atomic E-state index is 13.4. The highest BCUT2D eigenvalue weighted by Crippen LogP contribution is 2.40. The molecule has 0 aliphatic carbocycles. The van der Waals surface area contributed by atoms with Crippen molar-refractivity contribution in [2.45, 2.75) is 52.0 Å². The van der Waals surface area contributed by atoms with Crippen LogP contribution in [0.25, 0.3) is 0 Å². The third kappa shape index (κ3) is 2.62. The number of para-hydroxylation sites is 2. The van der Waals surface area contributed by atoms with Gasteiger partial charge in [0.2, 0.25) is 5.91 Å². The Morgan fingerprint density at radius 3 is 2.72 bits per heavy atom. The lowest BCUT2D eigenvalue weighted by atomic mass is 9.93. The number of aromatic nitrogens is 2. The largest absolute Gasteiger partial charge is 0.365 e. The first-order chi connectivity index (χ1) is 12.1. The summed E-state index contributed by atoms with van der Waals surface area (Å²) < 4.78 is 0. The summed E-state index contributed by atoms with van der Waals surface area (Å²) in [4.78, 5) is 17.9.